The lowest BCUT2D eigenvalue weighted by atomic mass is 10.2. The molecule has 0 bridgehead atoms. The highest BCUT2D eigenvalue weighted by atomic mass is 32.1. The fourth-order valence-electron chi connectivity index (χ4n) is 2.29. The molecule has 1 heterocycles. The first-order valence-corrected chi connectivity index (χ1v) is 8.35. The van der Waals surface area contributed by atoms with E-state index < -0.39 is 6.10 Å². The predicted octanol–water partition coefficient (Wildman–Crippen LogP) is 2.32. The van der Waals surface area contributed by atoms with Crippen LogP contribution in [0.5, 0.6) is 0 Å². The Morgan fingerprint density at radius 3 is 2.80 bits per heavy atom. The summed E-state index contributed by atoms with van der Waals surface area (Å²) in [5.74, 6) is 0.506. The summed E-state index contributed by atoms with van der Waals surface area (Å²) in [7, 11) is 0. The lowest BCUT2D eigenvalue weighted by Gasteiger charge is -2.16. The standard InChI is InChI=1S/C15H26N2O2S/c1-10(2)8-19-9-12(18)7-16-11(3)15-17-13-5-4-6-14(13)20-15/h10-12,16,18H,4-9H2,1-3H3. The van der Waals surface area contributed by atoms with Crippen LogP contribution >= 0.6 is 11.3 Å². The summed E-state index contributed by atoms with van der Waals surface area (Å²) < 4.78 is 5.44. The number of aliphatic hydroxyl groups is 1. The van der Waals surface area contributed by atoms with E-state index >= 15 is 0 Å². The largest absolute Gasteiger partial charge is 0.389 e. The number of hydrogen-bond acceptors (Lipinski definition) is 5. The van der Waals surface area contributed by atoms with Gasteiger partial charge >= 0.3 is 0 Å². The van der Waals surface area contributed by atoms with Crippen LogP contribution in [0.2, 0.25) is 0 Å². The Labute approximate surface area is 125 Å². The van der Waals surface area contributed by atoms with Crippen LogP contribution in [0.1, 0.15) is 48.8 Å². The van der Waals surface area contributed by atoms with Gasteiger partial charge in [-0.15, -0.1) is 11.3 Å². The van der Waals surface area contributed by atoms with Crippen molar-refractivity contribution in [2.75, 3.05) is 19.8 Å². The molecule has 0 aromatic carbocycles. The number of aliphatic hydroxyl groups excluding tert-OH is 1. The van der Waals surface area contributed by atoms with Crippen LogP contribution in [-0.4, -0.2) is 36.0 Å². The molecule has 0 saturated heterocycles. The third kappa shape index (κ3) is 4.52. The summed E-state index contributed by atoms with van der Waals surface area (Å²) in [6.45, 7) is 7.96. The molecule has 0 radical (unpaired) electrons. The number of hydrogen-bond donors (Lipinski definition) is 2. The first-order valence-electron chi connectivity index (χ1n) is 7.54. The van der Waals surface area contributed by atoms with Gasteiger partial charge in [-0.3, -0.25) is 0 Å². The second-order valence-electron chi connectivity index (χ2n) is 5.99. The van der Waals surface area contributed by atoms with Crippen molar-refractivity contribution in [1.29, 1.82) is 0 Å². The summed E-state index contributed by atoms with van der Waals surface area (Å²) in [5, 5.41) is 14.4. The molecular formula is C15H26N2O2S. The van der Waals surface area contributed by atoms with Crippen molar-refractivity contribution in [3.63, 3.8) is 0 Å². The van der Waals surface area contributed by atoms with Gasteiger partial charge in [0.25, 0.3) is 0 Å². The molecule has 0 spiro atoms. The summed E-state index contributed by atoms with van der Waals surface area (Å²) in [6, 6.07) is 0.199. The van der Waals surface area contributed by atoms with Crippen molar-refractivity contribution in [1.82, 2.24) is 10.3 Å². The van der Waals surface area contributed by atoms with Crippen LogP contribution in [-0.2, 0) is 17.6 Å². The van der Waals surface area contributed by atoms with Crippen molar-refractivity contribution < 1.29 is 9.84 Å². The van der Waals surface area contributed by atoms with Crippen LogP contribution in [0.15, 0.2) is 0 Å². The van der Waals surface area contributed by atoms with Crippen LogP contribution < -0.4 is 5.32 Å². The number of ether oxygens (including phenoxy) is 1. The molecule has 5 heteroatoms. The average Bonchev–Trinajstić information content (AvgIpc) is 2.96. The van der Waals surface area contributed by atoms with Gasteiger partial charge in [-0.2, -0.15) is 0 Å². The first-order chi connectivity index (χ1) is 9.56. The maximum Gasteiger partial charge on any atom is 0.110 e. The lowest BCUT2D eigenvalue weighted by molar-refractivity contribution is 0.0252. The Bertz CT molecular complexity index is 399. The molecule has 1 aromatic rings. The van der Waals surface area contributed by atoms with Gasteiger partial charge in [0.15, 0.2) is 0 Å². The Morgan fingerprint density at radius 1 is 1.30 bits per heavy atom. The molecule has 114 valence electrons. The van der Waals surface area contributed by atoms with Gasteiger partial charge < -0.3 is 15.2 Å². The van der Waals surface area contributed by atoms with E-state index in [1.165, 1.54) is 23.4 Å². The van der Waals surface area contributed by atoms with E-state index in [1.54, 1.807) is 0 Å². The van der Waals surface area contributed by atoms with E-state index in [0.29, 0.717) is 25.7 Å². The molecule has 2 atom stereocenters. The molecule has 0 fully saturated rings. The van der Waals surface area contributed by atoms with Gasteiger partial charge in [-0.05, 0) is 32.1 Å². The van der Waals surface area contributed by atoms with E-state index in [4.69, 9.17) is 9.72 Å². The number of thiazole rings is 1. The highest BCUT2D eigenvalue weighted by molar-refractivity contribution is 7.11. The normalized spacial score (nSPS) is 17.4. The van der Waals surface area contributed by atoms with E-state index in [0.717, 1.165) is 11.4 Å². The van der Waals surface area contributed by atoms with E-state index in [1.807, 2.05) is 11.3 Å². The Hall–Kier alpha value is -0.490. The molecule has 20 heavy (non-hydrogen) atoms. The van der Waals surface area contributed by atoms with Crippen molar-refractivity contribution in [3.05, 3.63) is 15.6 Å². The number of nitrogens with one attached hydrogen (secondary N) is 1. The maximum absolute atomic E-state index is 9.87. The highest BCUT2D eigenvalue weighted by Gasteiger charge is 2.19. The minimum absolute atomic E-state index is 0.199. The SMILES string of the molecule is CC(C)COCC(O)CNC(C)c1nc2c(s1)CCC2. The van der Waals surface area contributed by atoms with Gasteiger partial charge in [-0.1, -0.05) is 13.8 Å². The lowest BCUT2D eigenvalue weighted by Crippen LogP contribution is -2.32. The highest BCUT2D eigenvalue weighted by Crippen LogP contribution is 2.30. The number of aryl methyl sites for hydroxylation is 2. The molecule has 2 unspecified atom stereocenters. The number of rotatable bonds is 8. The second kappa shape index (κ2) is 7.50. The maximum atomic E-state index is 9.87. The van der Waals surface area contributed by atoms with Gasteiger partial charge in [0, 0.05) is 18.0 Å². The van der Waals surface area contributed by atoms with Crippen molar-refractivity contribution >= 4 is 11.3 Å². The van der Waals surface area contributed by atoms with Crippen LogP contribution in [0.3, 0.4) is 0 Å². The number of aromatic nitrogens is 1. The summed E-state index contributed by atoms with van der Waals surface area (Å²) in [5.41, 5.74) is 1.29. The Kier molecular flexibility index (Phi) is 5.96. The first kappa shape index (κ1) is 15.9. The monoisotopic (exact) mass is 298 g/mol. The molecule has 1 aliphatic carbocycles. The Balaban J connectivity index is 1.70. The summed E-state index contributed by atoms with van der Waals surface area (Å²) in [4.78, 5) is 6.15. The van der Waals surface area contributed by atoms with Crippen LogP contribution in [0.4, 0.5) is 0 Å². The molecule has 1 aromatic heterocycles. The van der Waals surface area contributed by atoms with Crippen LogP contribution in [0.25, 0.3) is 0 Å². The van der Waals surface area contributed by atoms with Crippen molar-refractivity contribution in [2.24, 2.45) is 5.92 Å². The predicted molar refractivity (Wildman–Crippen MR) is 82.2 cm³/mol. The van der Waals surface area contributed by atoms with E-state index in [-0.39, 0.29) is 6.04 Å². The second-order valence-corrected chi connectivity index (χ2v) is 7.11. The fourth-order valence-corrected chi connectivity index (χ4v) is 3.47. The molecule has 2 rings (SSSR count). The van der Waals surface area contributed by atoms with E-state index in [2.05, 4.69) is 26.1 Å². The molecule has 2 N–H and O–H groups in total. The number of nitrogens with zero attached hydrogens (tertiary/aromatic N) is 1. The third-order valence-corrected chi connectivity index (χ3v) is 4.74. The molecule has 4 nitrogen and oxygen atoms in total. The zero-order valence-electron chi connectivity index (χ0n) is 12.7. The summed E-state index contributed by atoms with van der Waals surface area (Å²) in [6.07, 6.45) is 3.11. The smallest absolute Gasteiger partial charge is 0.110 e. The van der Waals surface area contributed by atoms with Gasteiger partial charge in [-0.25, -0.2) is 4.98 Å². The molecule has 1 aliphatic rings. The minimum atomic E-state index is -0.456. The average molecular weight is 298 g/mol. The topological polar surface area (TPSA) is 54.4 Å². The van der Waals surface area contributed by atoms with Crippen molar-refractivity contribution in [3.8, 4) is 0 Å². The van der Waals surface area contributed by atoms with Gasteiger partial charge in [0.1, 0.15) is 5.01 Å². The van der Waals surface area contributed by atoms with Gasteiger partial charge in [0.2, 0.25) is 0 Å². The zero-order chi connectivity index (χ0) is 14.5. The zero-order valence-corrected chi connectivity index (χ0v) is 13.5. The summed E-state index contributed by atoms with van der Waals surface area (Å²) >= 11 is 1.82. The van der Waals surface area contributed by atoms with Crippen LogP contribution in [0, 0.1) is 5.92 Å². The Morgan fingerprint density at radius 2 is 2.10 bits per heavy atom. The van der Waals surface area contributed by atoms with E-state index in [9.17, 15) is 5.11 Å². The quantitative estimate of drug-likeness (QED) is 0.773. The minimum Gasteiger partial charge on any atom is -0.389 e. The van der Waals surface area contributed by atoms with Gasteiger partial charge in [0.05, 0.1) is 24.4 Å². The molecule has 0 saturated carbocycles. The molecule has 0 aliphatic heterocycles. The molecule has 0 amide bonds. The fraction of sp³-hybridized carbons (Fsp3) is 0.800. The van der Waals surface area contributed by atoms with Crippen molar-refractivity contribution in [2.45, 2.75) is 52.2 Å². The molecular weight excluding hydrogens is 272 g/mol. The number of fused-ring (bicyclic) bond motifs is 1. The third-order valence-electron chi connectivity index (χ3n) is 3.40.